The van der Waals surface area contributed by atoms with E-state index in [9.17, 15) is 13.2 Å². The number of rotatable bonds is 4. The summed E-state index contributed by atoms with van der Waals surface area (Å²) in [7, 11) is 0. The van der Waals surface area contributed by atoms with Crippen LogP contribution in [0.25, 0.3) is 12.2 Å². The van der Waals surface area contributed by atoms with Gasteiger partial charge < -0.3 is 0 Å². The van der Waals surface area contributed by atoms with E-state index in [1.54, 1.807) is 30.3 Å². The Morgan fingerprint density at radius 1 is 1.17 bits per heavy atom. The van der Waals surface area contributed by atoms with Gasteiger partial charge in [-0.25, -0.2) is 9.97 Å². The molecule has 0 spiro atoms. The first-order valence-electron chi connectivity index (χ1n) is 6.57. The zero-order valence-corrected chi connectivity index (χ0v) is 12.1. The molecule has 0 saturated heterocycles. The Kier molecular flexibility index (Phi) is 4.84. The lowest BCUT2D eigenvalue weighted by atomic mass is 10.0. The fourth-order valence-corrected chi connectivity index (χ4v) is 1.78. The van der Waals surface area contributed by atoms with E-state index in [-0.39, 0.29) is 11.5 Å². The number of nitrogens with zero attached hydrogens (tertiary/aromatic N) is 3. The van der Waals surface area contributed by atoms with Crippen LogP contribution in [0.5, 0.6) is 0 Å². The Morgan fingerprint density at radius 3 is 2.58 bits per heavy atom. The van der Waals surface area contributed by atoms with Crippen molar-refractivity contribution < 1.29 is 13.2 Å². The largest absolute Gasteiger partial charge is 0.433 e. The van der Waals surface area contributed by atoms with Gasteiger partial charge in [-0.15, -0.1) is 0 Å². The van der Waals surface area contributed by atoms with Crippen LogP contribution < -0.4 is 0 Å². The highest BCUT2D eigenvalue weighted by molar-refractivity contribution is 6.51. The van der Waals surface area contributed by atoms with E-state index in [0.717, 1.165) is 12.3 Å². The molecule has 0 saturated carbocycles. The second-order valence-corrected chi connectivity index (χ2v) is 4.62. The van der Waals surface area contributed by atoms with Crippen molar-refractivity contribution in [1.82, 2.24) is 9.97 Å². The van der Waals surface area contributed by atoms with Crippen LogP contribution >= 0.6 is 0 Å². The summed E-state index contributed by atoms with van der Waals surface area (Å²) < 4.78 is 37.8. The molecule has 8 heteroatoms. The molecule has 1 aromatic heterocycles. The first kappa shape index (κ1) is 17.0. The summed E-state index contributed by atoms with van der Waals surface area (Å²) in [5.74, 6) is -0.102. The lowest BCUT2D eigenvalue weighted by Gasteiger charge is -2.05. The van der Waals surface area contributed by atoms with E-state index >= 15 is 0 Å². The molecule has 0 radical (unpaired) electrons. The van der Waals surface area contributed by atoms with Gasteiger partial charge in [0.25, 0.3) is 0 Å². The molecule has 5 nitrogen and oxygen atoms in total. The molecule has 2 aromatic rings. The molecule has 0 unspecified atom stereocenters. The molecule has 0 amide bonds. The van der Waals surface area contributed by atoms with Gasteiger partial charge in [0.05, 0.1) is 5.71 Å². The minimum Gasteiger partial charge on any atom is -0.297 e. The second kappa shape index (κ2) is 6.83. The SMILES string of the molecule is N#CC(=N)C(=N)c1cccc(/C=C/c2nccc(C(F)(F)F)n2)c1. The molecule has 0 aliphatic rings. The maximum absolute atomic E-state index is 12.6. The number of halogens is 3. The van der Waals surface area contributed by atoms with Gasteiger partial charge in [-0.2, -0.15) is 18.4 Å². The predicted molar refractivity (Wildman–Crippen MR) is 82.6 cm³/mol. The predicted octanol–water partition coefficient (Wildman–Crippen LogP) is 3.58. The number of aromatic nitrogens is 2. The minimum absolute atomic E-state index is 0.102. The van der Waals surface area contributed by atoms with Crippen LogP contribution in [0.3, 0.4) is 0 Å². The number of hydrogen-bond acceptors (Lipinski definition) is 5. The summed E-state index contributed by atoms with van der Waals surface area (Å²) in [6.07, 6.45) is -0.718. The molecular weight excluding hydrogens is 319 g/mol. The van der Waals surface area contributed by atoms with Crippen molar-refractivity contribution in [1.29, 1.82) is 16.1 Å². The molecule has 0 bridgehead atoms. The van der Waals surface area contributed by atoms with Crippen molar-refractivity contribution in [2.75, 3.05) is 0 Å². The number of benzene rings is 1. The van der Waals surface area contributed by atoms with Gasteiger partial charge in [0, 0.05) is 11.8 Å². The molecule has 0 aliphatic carbocycles. The number of nitrogens with one attached hydrogen (secondary N) is 2. The lowest BCUT2D eigenvalue weighted by molar-refractivity contribution is -0.141. The average molecular weight is 329 g/mol. The second-order valence-electron chi connectivity index (χ2n) is 4.62. The van der Waals surface area contributed by atoms with E-state index in [1.165, 1.54) is 12.2 Å². The molecule has 2 rings (SSSR count). The van der Waals surface area contributed by atoms with Crippen molar-refractivity contribution in [3.05, 3.63) is 59.2 Å². The van der Waals surface area contributed by atoms with Crippen LogP contribution in [-0.2, 0) is 6.18 Å². The highest BCUT2D eigenvalue weighted by Gasteiger charge is 2.32. The van der Waals surface area contributed by atoms with Crippen molar-refractivity contribution in [3.8, 4) is 6.07 Å². The third kappa shape index (κ3) is 4.10. The molecular formula is C16H10F3N5. The summed E-state index contributed by atoms with van der Waals surface area (Å²) in [5.41, 5.74) is -0.812. The first-order valence-corrected chi connectivity index (χ1v) is 6.57. The summed E-state index contributed by atoms with van der Waals surface area (Å²) in [6, 6.07) is 8.74. The van der Waals surface area contributed by atoms with Crippen LogP contribution in [0.15, 0.2) is 36.5 Å². The standard InChI is InChI=1S/C16H10F3N5/c17-16(18,19)13-6-7-23-14(24-13)5-4-10-2-1-3-11(8-10)15(22)12(21)9-20/h1-8,21-22H/b5-4+,21-12?,22-15?. The Labute approximate surface area is 135 Å². The van der Waals surface area contributed by atoms with Gasteiger partial charge >= 0.3 is 6.18 Å². The van der Waals surface area contributed by atoms with Crippen LogP contribution in [-0.4, -0.2) is 21.4 Å². The van der Waals surface area contributed by atoms with E-state index in [1.807, 2.05) is 0 Å². The maximum Gasteiger partial charge on any atom is 0.433 e. The number of hydrogen-bond donors (Lipinski definition) is 2. The van der Waals surface area contributed by atoms with Crippen molar-refractivity contribution >= 4 is 23.6 Å². The molecule has 1 aromatic carbocycles. The van der Waals surface area contributed by atoms with E-state index in [2.05, 4.69) is 9.97 Å². The molecule has 0 atom stereocenters. The topological polar surface area (TPSA) is 97.3 Å². The normalized spacial score (nSPS) is 11.2. The first-order chi connectivity index (χ1) is 11.3. The average Bonchev–Trinajstić information content (AvgIpc) is 2.58. The van der Waals surface area contributed by atoms with E-state index in [0.29, 0.717) is 11.1 Å². The molecule has 24 heavy (non-hydrogen) atoms. The van der Waals surface area contributed by atoms with Crippen molar-refractivity contribution in [2.45, 2.75) is 6.18 Å². The fourth-order valence-electron chi connectivity index (χ4n) is 1.78. The van der Waals surface area contributed by atoms with Crippen LogP contribution in [0.2, 0.25) is 0 Å². The zero-order valence-electron chi connectivity index (χ0n) is 12.1. The zero-order chi connectivity index (χ0) is 17.7. The highest BCUT2D eigenvalue weighted by atomic mass is 19.4. The van der Waals surface area contributed by atoms with E-state index in [4.69, 9.17) is 16.1 Å². The molecule has 0 fully saturated rings. The Balaban J connectivity index is 2.26. The number of nitriles is 1. The van der Waals surface area contributed by atoms with Gasteiger partial charge in [0.2, 0.25) is 0 Å². The minimum atomic E-state index is -4.54. The third-order valence-electron chi connectivity index (χ3n) is 2.93. The monoisotopic (exact) mass is 329 g/mol. The van der Waals surface area contributed by atoms with Gasteiger partial charge in [-0.05, 0) is 23.8 Å². The Morgan fingerprint density at radius 2 is 1.92 bits per heavy atom. The van der Waals surface area contributed by atoms with Crippen LogP contribution in [0, 0.1) is 22.1 Å². The summed E-state index contributed by atoms with van der Waals surface area (Å²) in [4.78, 5) is 7.17. The summed E-state index contributed by atoms with van der Waals surface area (Å²) in [5, 5.41) is 23.7. The van der Waals surface area contributed by atoms with Gasteiger partial charge in [-0.3, -0.25) is 10.8 Å². The van der Waals surface area contributed by atoms with E-state index < -0.39 is 17.6 Å². The Bertz CT molecular complexity index is 863. The number of alkyl halides is 3. The highest BCUT2D eigenvalue weighted by Crippen LogP contribution is 2.27. The van der Waals surface area contributed by atoms with Gasteiger partial charge in [0.15, 0.2) is 11.5 Å². The van der Waals surface area contributed by atoms with Crippen molar-refractivity contribution in [2.24, 2.45) is 0 Å². The maximum atomic E-state index is 12.6. The quantitative estimate of drug-likeness (QED) is 0.839. The lowest BCUT2D eigenvalue weighted by Crippen LogP contribution is -2.10. The fraction of sp³-hybridized carbons (Fsp3) is 0.0625. The Hall–Kier alpha value is -3.34. The molecule has 120 valence electrons. The van der Waals surface area contributed by atoms with Gasteiger partial charge in [-0.1, -0.05) is 24.3 Å². The summed E-state index contributed by atoms with van der Waals surface area (Å²) >= 11 is 0. The van der Waals surface area contributed by atoms with Crippen LogP contribution in [0.4, 0.5) is 13.2 Å². The van der Waals surface area contributed by atoms with Gasteiger partial charge in [0.1, 0.15) is 11.8 Å². The molecule has 2 N–H and O–H groups in total. The summed E-state index contributed by atoms with van der Waals surface area (Å²) in [6.45, 7) is 0. The third-order valence-corrected chi connectivity index (χ3v) is 2.93. The smallest absolute Gasteiger partial charge is 0.297 e. The molecule has 1 heterocycles. The molecule has 0 aliphatic heterocycles. The van der Waals surface area contributed by atoms with Crippen LogP contribution in [0.1, 0.15) is 22.6 Å². The van der Waals surface area contributed by atoms with Crippen molar-refractivity contribution in [3.63, 3.8) is 0 Å².